The molecule has 1 fully saturated rings. The molecule has 1 aliphatic heterocycles. The number of hydrogen-bond donors (Lipinski definition) is 0. The molecule has 2 aromatic carbocycles. The molecule has 0 amide bonds. The first-order chi connectivity index (χ1) is 10.3. The van der Waals surface area contributed by atoms with Gasteiger partial charge in [0, 0.05) is 0 Å². The maximum atomic E-state index is 11.9. The van der Waals surface area contributed by atoms with Gasteiger partial charge in [0.05, 0.1) is 12.2 Å². The van der Waals surface area contributed by atoms with Crippen LogP contribution in [0.15, 0.2) is 54.6 Å². The number of epoxide rings is 1. The van der Waals surface area contributed by atoms with Crippen LogP contribution in [0.4, 0.5) is 0 Å². The van der Waals surface area contributed by atoms with Crippen molar-refractivity contribution in [3.8, 4) is 5.75 Å². The Kier molecular flexibility index (Phi) is 4.17. The summed E-state index contributed by atoms with van der Waals surface area (Å²) in [5, 5.41) is 0. The van der Waals surface area contributed by atoms with Crippen LogP contribution in [-0.2, 0) is 16.1 Å². The number of rotatable bonds is 6. The zero-order chi connectivity index (χ0) is 14.5. The van der Waals surface area contributed by atoms with Gasteiger partial charge in [0.2, 0.25) is 0 Å². The first kappa shape index (κ1) is 13.6. The lowest BCUT2D eigenvalue weighted by molar-refractivity contribution is 0.0472. The lowest BCUT2D eigenvalue weighted by Gasteiger charge is -2.07. The van der Waals surface area contributed by atoms with Crippen molar-refractivity contribution in [3.05, 3.63) is 65.7 Å². The minimum atomic E-state index is -0.337. The summed E-state index contributed by atoms with van der Waals surface area (Å²) >= 11 is 0. The summed E-state index contributed by atoms with van der Waals surface area (Å²) in [6.07, 6.45) is 0.223. The predicted octanol–water partition coefficient (Wildman–Crippen LogP) is 2.82. The summed E-state index contributed by atoms with van der Waals surface area (Å²) in [7, 11) is 0. The second-order valence-electron chi connectivity index (χ2n) is 4.85. The third-order valence-corrected chi connectivity index (χ3v) is 3.14. The van der Waals surface area contributed by atoms with Gasteiger partial charge >= 0.3 is 5.97 Å². The van der Waals surface area contributed by atoms with Crippen molar-refractivity contribution in [3.63, 3.8) is 0 Å². The molecule has 2 aromatic rings. The second kappa shape index (κ2) is 6.41. The quantitative estimate of drug-likeness (QED) is 0.604. The fourth-order valence-corrected chi connectivity index (χ4v) is 1.85. The number of carbonyl (C=O) groups is 1. The Bertz CT molecular complexity index is 588. The number of ether oxygens (including phenoxy) is 3. The normalized spacial score (nSPS) is 16.3. The van der Waals surface area contributed by atoms with Crippen molar-refractivity contribution in [1.82, 2.24) is 0 Å². The Balaban J connectivity index is 1.51. The third-order valence-electron chi connectivity index (χ3n) is 3.14. The van der Waals surface area contributed by atoms with E-state index in [0.29, 0.717) is 12.2 Å². The van der Waals surface area contributed by atoms with Crippen molar-refractivity contribution in [2.24, 2.45) is 0 Å². The molecule has 4 heteroatoms. The molecule has 4 nitrogen and oxygen atoms in total. The molecule has 3 rings (SSSR count). The van der Waals surface area contributed by atoms with E-state index >= 15 is 0 Å². The van der Waals surface area contributed by atoms with E-state index in [4.69, 9.17) is 14.2 Å². The molecule has 21 heavy (non-hydrogen) atoms. The average Bonchev–Trinajstić information content (AvgIpc) is 3.36. The van der Waals surface area contributed by atoms with Crippen LogP contribution in [0.2, 0.25) is 0 Å². The fourth-order valence-electron chi connectivity index (χ4n) is 1.85. The van der Waals surface area contributed by atoms with Crippen molar-refractivity contribution in [2.45, 2.75) is 12.7 Å². The van der Waals surface area contributed by atoms with Crippen molar-refractivity contribution in [1.29, 1.82) is 0 Å². The third kappa shape index (κ3) is 4.07. The van der Waals surface area contributed by atoms with Gasteiger partial charge in [0.15, 0.2) is 0 Å². The first-order valence-electron chi connectivity index (χ1n) is 6.87. The van der Waals surface area contributed by atoms with Crippen LogP contribution >= 0.6 is 0 Å². The summed E-state index contributed by atoms with van der Waals surface area (Å²) < 4.78 is 15.8. The van der Waals surface area contributed by atoms with E-state index in [1.165, 1.54) is 0 Å². The van der Waals surface area contributed by atoms with Crippen LogP contribution in [0.25, 0.3) is 0 Å². The molecule has 1 saturated heterocycles. The van der Waals surface area contributed by atoms with Gasteiger partial charge in [-0.05, 0) is 29.8 Å². The first-order valence-corrected chi connectivity index (χ1v) is 6.87. The predicted molar refractivity (Wildman–Crippen MR) is 77.2 cm³/mol. The molecule has 0 spiro atoms. The van der Waals surface area contributed by atoms with Crippen LogP contribution in [0, 0.1) is 0 Å². The smallest absolute Gasteiger partial charge is 0.338 e. The van der Waals surface area contributed by atoms with Gasteiger partial charge in [-0.15, -0.1) is 0 Å². The molecule has 0 N–H and O–H groups in total. The standard InChI is InChI=1S/C17H16O4/c18-17(21-10-13-4-2-1-3-5-13)14-6-8-15(9-7-14)19-11-16-12-20-16/h1-9,16H,10-12H2/t16-/m1/s1. The number of hydrogen-bond acceptors (Lipinski definition) is 4. The van der Waals surface area contributed by atoms with Crippen molar-refractivity contribution < 1.29 is 19.0 Å². The fraction of sp³-hybridized carbons (Fsp3) is 0.235. The van der Waals surface area contributed by atoms with E-state index in [2.05, 4.69) is 0 Å². The van der Waals surface area contributed by atoms with Crippen LogP contribution in [-0.4, -0.2) is 25.3 Å². The Labute approximate surface area is 123 Å². The molecule has 0 aliphatic carbocycles. The molecule has 0 aromatic heterocycles. The largest absolute Gasteiger partial charge is 0.491 e. The Hall–Kier alpha value is -2.33. The van der Waals surface area contributed by atoms with Crippen LogP contribution in [0.5, 0.6) is 5.75 Å². The van der Waals surface area contributed by atoms with Crippen molar-refractivity contribution in [2.75, 3.05) is 13.2 Å². The Morgan fingerprint density at radius 2 is 1.81 bits per heavy atom. The van der Waals surface area contributed by atoms with Crippen LogP contribution in [0.3, 0.4) is 0 Å². The topological polar surface area (TPSA) is 48.1 Å². The molecule has 0 bridgehead atoms. The summed E-state index contributed by atoms with van der Waals surface area (Å²) in [5.41, 5.74) is 1.48. The van der Waals surface area contributed by atoms with Gasteiger partial charge in [-0.1, -0.05) is 30.3 Å². The van der Waals surface area contributed by atoms with Gasteiger partial charge in [-0.25, -0.2) is 4.79 Å². The summed E-state index contributed by atoms with van der Waals surface area (Å²) in [4.78, 5) is 11.9. The molecule has 108 valence electrons. The van der Waals surface area contributed by atoms with Gasteiger partial charge in [0.1, 0.15) is 25.1 Å². The van der Waals surface area contributed by atoms with Crippen LogP contribution < -0.4 is 4.74 Å². The Morgan fingerprint density at radius 3 is 2.48 bits per heavy atom. The monoisotopic (exact) mass is 284 g/mol. The van der Waals surface area contributed by atoms with E-state index in [0.717, 1.165) is 17.9 Å². The van der Waals surface area contributed by atoms with E-state index in [-0.39, 0.29) is 18.7 Å². The zero-order valence-corrected chi connectivity index (χ0v) is 11.5. The highest BCUT2D eigenvalue weighted by Crippen LogP contribution is 2.16. The van der Waals surface area contributed by atoms with E-state index in [1.54, 1.807) is 24.3 Å². The minimum Gasteiger partial charge on any atom is -0.491 e. The molecule has 0 saturated carbocycles. The van der Waals surface area contributed by atoms with Gasteiger partial charge in [0.25, 0.3) is 0 Å². The molecule has 1 atom stereocenters. The number of esters is 1. The molecule has 1 heterocycles. The average molecular weight is 284 g/mol. The summed E-state index contributed by atoms with van der Waals surface area (Å²) in [5.74, 6) is 0.390. The lowest BCUT2D eigenvalue weighted by atomic mass is 10.2. The highest BCUT2D eigenvalue weighted by atomic mass is 16.6. The summed E-state index contributed by atoms with van der Waals surface area (Å²) in [6.45, 7) is 1.60. The molecule has 0 radical (unpaired) electrons. The minimum absolute atomic E-state index is 0.223. The molecular weight excluding hydrogens is 268 g/mol. The van der Waals surface area contributed by atoms with Gasteiger partial charge in [-0.3, -0.25) is 0 Å². The van der Waals surface area contributed by atoms with Crippen LogP contribution in [0.1, 0.15) is 15.9 Å². The molecular formula is C17H16O4. The summed E-state index contributed by atoms with van der Waals surface area (Å²) in [6, 6.07) is 16.5. The maximum Gasteiger partial charge on any atom is 0.338 e. The van der Waals surface area contributed by atoms with E-state index < -0.39 is 0 Å². The van der Waals surface area contributed by atoms with Crippen molar-refractivity contribution >= 4 is 5.97 Å². The second-order valence-corrected chi connectivity index (χ2v) is 4.85. The van der Waals surface area contributed by atoms with E-state index in [9.17, 15) is 4.79 Å². The highest BCUT2D eigenvalue weighted by molar-refractivity contribution is 5.89. The van der Waals surface area contributed by atoms with E-state index in [1.807, 2.05) is 30.3 Å². The lowest BCUT2D eigenvalue weighted by Crippen LogP contribution is -2.06. The Morgan fingerprint density at radius 1 is 1.10 bits per heavy atom. The maximum absolute atomic E-state index is 11.9. The number of carbonyl (C=O) groups excluding carboxylic acids is 1. The van der Waals surface area contributed by atoms with Gasteiger partial charge < -0.3 is 14.2 Å². The zero-order valence-electron chi connectivity index (χ0n) is 11.5. The molecule has 1 aliphatic rings. The highest BCUT2D eigenvalue weighted by Gasteiger charge is 2.23. The molecule has 0 unspecified atom stereocenters. The number of benzene rings is 2. The van der Waals surface area contributed by atoms with Gasteiger partial charge in [-0.2, -0.15) is 0 Å². The SMILES string of the molecule is O=C(OCc1ccccc1)c1ccc(OC[C@@H]2CO2)cc1.